The number of piperazine rings is 1. The lowest BCUT2D eigenvalue weighted by molar-refractivity contribution is -0.132. The molecule has 148 valence electrons. The lowest BCUT2D eigenvalue weighted by Crippen LogP contribution is -2.50. The lowest BCUT2D eigenvalue weighted by atomic mass is 10.1. The van der Waals surface area contributed by atoms with Gasteiger partial charge in [0, 0.05) is 38.6 Å². The summed E-state index contributed by atoms with van der Waals surface area (Å²) in [5.41, 5.74) is 6.83. The molecule has 0 spiro atoms. The average Bonchev–Trinajstić information content (AvgIpc) is 2.60. The second kappa shape index (κ2) is 10.3. The van der Waals surface area contributed by atoms with Crippen LogP contribution in [0.25, 0.3) is 0 Å². The predicted molar refractivity (Wildman–Crippen MR) is 106 cm³/mol. The van der Waals surface area contributed by atoms with E-state index in [9.17, 15) is 13.2 Å². The second-order valence-corrected chi connectivity index (χ2v) is 8.63. The van der Waals surface area contributed by atoms with Crippen molar-refractivity contribution in [3.63, 3.8) is 0 Å². The molecule has 1 aromatic rings. The number of benzene rings is 1. The molecule has 1 fully saturated rings. The Hall–Kier alpha value is -1.15. The molecular formula is C18H30ClN3O3S. The summed E-state index contributed by atoms with van der Waals surface area (Å²) < 4.78 is 27.0. The van der Waals surface area contributed by atoms with Crippen LogP contribution in [0.2, 0.25) is 0 Å². The standard InChI is InChI=1S/C18H29N3O3S.ClH/c1-3-4-16-6-8-17(9-7-16)25(23,24)21-13-11-20(12-14-21)18(22)10-5-15(2)19;/h6-9,15H,3-5,10-14,19H2,1-2H3;1H. The molecule has 26 heavy (non-hydrogen) atoms. The van der Waals surface area contributed by atoms with Gasteiger partial charge in [-0.3, -0.25) is 4.79 Å². The molecule has 0 aromatic heterocycles. The summed E-state index contributed by atoms with van der Waals surface area (Å²) in [7, 11) is -3.49. The minimum Gasteiger partial charge on any atom is -0.340 e. The molecule has 0 aliphatic carbocycles. The summed E-state index contributed by atoms with van der Waals surface area (Å²) in [6.45, 7) is 5.52. The summed E-state index contributed by atoms with van der Waals surface area (Å²) in [5.74, 6) is 0.0540. The molecule has 6 nitrogen and oxygen atoms in total. The van der Waals surface area contributed by atoms with Crippen molar-refractivity contribution >= 4 is 28.3 Å². The number of hydrogen-bond donors (Lipinski definition) is 1. The fraction of sp³-hybridized carbons (Fsp3) is 0.611. The van der Waals surface area contributed by atoms with E-state index >= 15 is 0 Å². The van der Waals surface area contributed by atoms with Crippen molar-refractivity contribution in [2.45, 2.75) is 50.5 Å². The van der Waals surface area contributed by atoms with Crippen molar-refractivity contribution in [2.75, 3.05) is 26.2 Å². The summed E-state index contributed by atoms with van der Waals surface area (Å²) >= 11 is 0. The second-order valence-electron chi connectivity index (χ2n) is 6.69. The highest BCUT2D eigenvalue weighted by Gasteiger charge is 2.29. The molecule has 1 atom stereocenters. The topological polar surface area (TPSA) is 83.7 Å². The van der Waals surface area contributed by atoms with Crippen LogP contribution in [0.3, 0.4) is 0 Å². The zero-order valence-corrected chi connectivity index (χ0v) is 17.2. The first-order valence-corrected chi connectivity index (χ1v) is 10.4. The fourth-order valence-electron chi connectivity index (χ4n) is 2.95. The van der Waals surface area contributed by atoms with E-state index in [0.29, 0.717) is 43.9 Å². The van der Waals surface area contributed by atoms with Crippen molar-refractivity contribution in [2.24, 2.45) is 5.73 Å². The number of rotatable bonds is 7. The van der Waals surface area contributed by atoms with Crippen molar-refractivity contribution in [3.8, 4) is 0 Å². The molecule has 1 unspecified atom stereocenters. The number of carbonyl (C=O) groups excluding carboxylic acids is 1. The highest BCUT2D eigenvalue weighted by molar-refractivity contribution is 7.89. The van der Waals surface area contributed by atoms with Crippen LogP contribution in [0.1, 0.15) is 38.7 Å². The van der Waals surface area contributed by atoms with Gasteiger partial charge in [-0.2, -0.15) is 4.31 Å². The van der Waals surface area contributed by atoms with Gasteiger partial charge in [0.25, 0.3) is 0 Å². The highest BCUT2D eigenvalue weighted by Crippen LogP contribution is 2.19. The van der Waals surface area contributed by atoms with E-state index in [1.54, 1.807) is 17.0 Å². The van der Waals surface area contributed by atoms with E-state index in [0.717, 1.165) is 18.4 Å². The molecule has 1 saturated heterocycles. The number of hydrogen-bond acceptors (Lipinski definition) is 4. The van der Waals surface area contributed by atoms with E-state index in [1.807, 2.05) is 19.1 Å². The largest absolute Gasteiger partial charge is 0.340 e. The fourth-order valence-corrected chi connectivity index (χ4v) is 4.38. The van der Waals surface area contributed by atoms with Gasteiger partial charge >= 0.3 is 0 Å². The molecule has 8 heteroatoms. The Morgan fingerprint density at radius 1 is 1.15 bits per heavy atom. The SMILES string of the molecule is CCCc1ccc(S(=O)(=O)N2CCN(C(=O)CCC(C)N)CC2)cc1.Cl. The average molecular weight is 404 g/mol. The van der Waals surface area contributed by atoms with Gasteiger partial charge in [-0.15, -0.1) is 12.4 Å². The van der Waals surface area contributed by atoms with Crippen LogP contribution in [-0.4, -0.2) is 55.8 Å². The van der Waals surface area contributed by atoms with Crippen molar-refractivity contribution in [1.29, 1.82) is 0 Å². The normalized spacial score (nSPS) is 16.8. The highest BCUT2D eigenvalue weighted by atomic mass is 35.5. The van der Waals surface area contributed by atoms with Gasteiger partial charge in [-0.05, 0) is 37.5 Å². The first-order chi connectivity index (χ1) is 11.8. The first-order valence-electron chi connectivity index (χ1n) is 8.97. The number of amides is 1. The van der Waals surface area contributed by atoms with Gasteiger partial charge in [-0.1, -0.05) is 25.5 Å². The molecule has 2 N–H and O–H groups in total. The van der Waals surface area contributed by atoms with Crippen LogP contribution in [0.15, 0.2) is 29.2 Å². The quantitative estimate of drug-likeness (QED) is 0.754. The molecular weight excluding hydrogens is 374 g/mol. The predicted octanol–water partition coefficient (Wildman–Crippen LogP) is 2.02. The molecule has 1 amide bonds. The van der Waals surface area contributed by atoms with E-state index in [4.69, 9.17) is 5.73 Å². The van der Waals surface area contributed by atoms with Crippen molar-refractivity contribution in [3.05, 3.63) is 29.8 Å². The Kier molecular flexibility index (Phi) is 9.03. The Bertz CT molecular complexity index is 669. The van der Waals surface area contributed by atoms with Gasteiger partial charge in [0.05, 0.1) is 4.90 Å². The minimum atomic E-state index is -3.49. The number of aryl methyl sites for hydroxylation is 1. The summed E-state index contributed by atoms with van der Waals surface area (Å²) in [5, 5.41) is 0. The minimum absolute atomic E-state index is 0. The van der Waals surface area contributed by atoms with Crippen molar-refractivity contribution in [1.82, 2.24) is 9.21 Å². The van der Waals surface area contributed by atoms with Crippen LogP contribution in [0.5, 0.6) is 0 Å². The zero-order valence-electron chi connectivity index (χ0n) is 15.6. The third kappa shape index (κ3) is 5.94. The molecule has 0 bridgehead atoms. The van der Waals surface area contributed by atoms with Crippen LogP contribution >= 0.6 is 12.4 Å². The summed E-state index contributed by atoms with van der Waals surface area (Å²) in [6, 6.07) is 7.12. The first kappa shape index (κ1) is 22.9. The Morgan fingerprint density at radius 3 is 2.23 bits per heavy atom. The van der Waals surface area contributed by atoms with Crippen LogP contribution in [0.4, 0.5) is 0 Å². The zero-order chi connectivity index (χ0) is 18.4. The molecule has 1 aliphatic heterocycles. The van der Waals surface area contributed by atoms with Crippen molar-refractivity contribution < 1.29 is 13.2 Å². The molecule has 1 heterocycles. The Balaban J connectivity index is 0.00000338. The Morgan fingerprint density at radius 2 is 1.73 bits per heavy atom. The maximum Gasteiger partial charge on any atom is 0.243 e. The number of nitrogens with zero attached hydrogens (tertiary/aromatic N) is 2. The van der Waals surface area contributed by atoms with Crippen LogP contribution in [0, 0.1) is 0 Å². The maximum absolute atomic E-state index is 12.8. The van der Waals surface area contributed by atoms with Gasteiger partial charge < -0.3 is 10.6 Å². The van der Waals surface area contributed by atoms with Crippen LogP contribution < -0.4 is 5.73 Å². The number of nitrogens with two attached hydrogens (primary N) is 1. The maximum atomic E-state index is 12.8. The smallest absolute Gasteiger partial charge is 0.243 e. The molecule has 1 aromatic carbocycles. The summed E-state index contributed by atoms with van der Waals surface area (Å²) in [4.78, 5) is 14.2. The molecule has 0 saturated carbocycles. The molecule has 2 rings (SSSR count). The van der Waals surface area contributed by atoms with Crippen LogP contribution in [-0.2, 0) is 21.2 Å². The van der Waals surface area contributed by atoms with Gasteiger partial charge in [0.1, 0.15) is 0 Å². The summed E-state index contributed by atoms with van der Waals surface area (Å²) in [6.07, 6.45) is 3.05. The molecule has 0 radical (unpaired) electrons. The monoisotopic (exact) mass is 403 g/mol. The van der Waals surface area contributed by atoms with E-state index in [2.05, 4.69) is 6.92 Å². The lowest BCUT2D eigenvalue weighted by Gasteiger charge is -2.34. The third-order valence-corrected chi connectivity index (χ3v) is 6.42. The number of carbonyl (C=O) groups is 1. The number of halogens is 1. The molecule has 1 aliphatic rings. The van der Waals surface area contributed by atoms with Gasteiger partial charge in [0.15, 0.2) is 0 Å². The van der Waals surface area contributed by atoms with E-state index < -0.39 is 10.0 Å². The van der Waals surface area contributed by atoms with Gasteiger partial charge in [-0.25, -0.2) is 8.42 Å². The van der Waals surface area contributed by atoms with E-state index in [-0.39, 0.29) is 24.4 Å². The van der Waals surface area contributed by atoms with E-state index in [1.165, 1.54) is 4.31 Å². The number of sulfonamides is 1. The van der Waals surface area contributed by atoms with Gasteiger partial charge in [0.2, 0.25) is 15.9 Å². The Labute approximate surface area is 163 Å². The third-order valence-electron chi connectivity index (χ3n) is 4.50.